The molecule has 0 aromatic carbocycles. The van der Waals surface area contributed by atoms with Gasteiger partial charge in [-0.05, 0) is 25.3 Å². The van der Waals surface area contributed by atoms with Crippen LogP contribution in [0.3, 0.4) is 0 Å². The van der Waals surface area contributed by atoms with Crippen LogP contribution in [0.4, 0.5) is 0 Å². The Labute approximate surface area is 85.1 Å². The van der Waals surface area contributed by atoms with E-state index in [9.17, 15) is 8.42 Å². The number of rotatable bonds is 5. The molecule has 0 amide bonds. The van der Waals surface area contributed by atoms with Crippen molar-refractivity contribution in [1.29, 1.82) is 0 Å². The van der Waals surface area contributed by atoms with E-state index in [1.165, 1.54) is 0 Å². The zero-order valence-electron chi connectivity index (χ0n) is 8.24. The molecule has 3 N–H and O–H groups in total. The number of hydrogen-bond acceptors (Lipinski definition) is 4. The fourth-order valence-corrected chi connectivity index (χ4v) is 1.90. The molecule has 84 valence electrons. The normalized spacial score (nSPS) is 19.8. The number of sulfonamides is 1. The molecule has 1 aliphatic heterocycles. The molecular formula is C8H18N2O3S. The number of ether oxygens (including phenoxy) is 1. The fourth-order valence-electron chi connectivity index (χ4n) is 1.47. The predicted octanol–water partition coefficient (Wildman–Crippen LogP) is -0.709. The number of nitrogens with two attached hydrogens (primary N) is 1. The maximum absolute atomic E-state index is 10.6. The van der Waals surface area contributed by atoms with Crippen LogP contribution in [0.1, 0.15) is 12.8 Å². The Morgan fingerprint density at radius 3 is 2.57 bits per heavy atom. The van der Waals surface area contributed by atoms with E-state index in [1.54, 1.807) is 0 Å². The minimum absolute atomic E-state index is 0.0101. The Hall–Kier alpha value is -0.170. The van der Waals surface area contributed by atoms with Gasteiger partial charge in [-0.15, -0.1) is 0 Å². The highest BCUT2D eigenvalue weighted by molar-refractivity contribution is 7.89. The van der Waals surface area contributed by atoms with Crippen molar-refractivity contribution >= 4 is 10.0 Å². The highest BCUT2D eigenvalue weighted by atomic mass is 32.2. The number of primary sulfonamides is 1. The summed E-state index contributed by atoms with van der Waals surface area (Å²) in [5.41, 5.74) is 0. The van der Waals surface area contributed by atoms with Gasteiger partial charge < -0.3 is 10.1 Å². The molecule has 6 heteroatoms. The SMILES string of the molecule is NS(=O)(=O)CCNCC1CCOCC1. The van der Waals surface area contributed by atoms with Gasteiger partial charge in [0.25, 0.3) is 0 Å². The lowest BCUT2D eigenvalue weighted by molar-refractivity contribution is 0.0665. The summed E-state index contributed by atoms with van der Waals surface area (Å²) >= 11 is 0. The maximum atomic E-state index is 10.6. The Bertz CT molecular complexity index is 247. The third kappa shape index (κ3) is 5.54. The molecule has 1 fully saturated rings. The third-order valence-corrected chi connectivity index (χ3v) is 3.11. The number of nitrogens with one attached hydrogen (secondary N) is 1. The molecule has 0 unspecified atom stereocenters. The average Bonchev–Trinajstić information content (AvgIpc) is 2.13. The molecule has 1 aliphatic rings. The van der Waals surface area contributed by atoms with Crippen LogP contribution in [0, 0.1) is 5.92 Å². The van der Waals surface area contributed by atoms with Crippen molar-refractivity contribution in [1.82, 2.24) is 5.32 Å². The van der Waals surface area contributed by atoms with Gasteiger partial charge >= 0.3 is 0 Å². The van der Waals surface area contributed by atoms with Crippen molar-refractivity contribution in [2.75, 3.05) is 32.1 Å². The first-order valence-corrected chi connectivity index (χ1v) is 6.58. The topological polar surface area (TPSA) is 81.4 Å². The number of hydrogen-bond donors (Lipinski definition) is 2. The monoisotopic (exact) mass is 222 g/mol. The molecule has 1 heterocycles. The van der Waals surface area contributed by atoms with Gasteiger partial charge in [-0.3, -0.25) is 0 Å². The molecule has 0 spiro atoms. The lowest BCUT2D eigenvalue weighted by Crippen LogP contribution is -2.32. The first kappa shape index (κ1) is 11.9. The van der Waals surface area contributed by atoms with Gasteiger partial charge in [0, 0.05) is 19.8 Å². The minimum Gasteiger partial charge on any atom is -0.381 e. The molecule has 0 aliphatic carbocycles. The lowest BCUT2D eigenvalue weighted by Gasteiger charge is -2.22. The van der Waals surface area contributed by atoms with E-state index in [0.29, 0.717) is 12.5 Å². The first-order chi connectivity index (χ1) is 6.58. The smallest absolute Gasteiger partial charge is 0.210 e. The van der Waals surface area contributed by atoms with Crippen LogP contribution < -0.4 is 10.5 Å². The zero-order chi connectivity index (χ0) is 10.4. The van der Waals surface area contributed by atoms with Crippen molar-refractivity contribution < 1.29 is 13.2 Å². The van der Waals surface area contributed by atoms with E-state index in [2.05, 4.69) is 5.32 Å². The van der Waals surface area contributed by atoms with Crippen LogP contribution in [0.5, 0.6) is 0 Å². The second-order valence-corrected chi connectivity index (χ2v) is 5.36. The minimum atomic E-state index is -3.31. The van der Waals surface area contributed by atoms with Crippen LogP contribution in [0.2, 0.25) is 0 Å². The highest BCUT2D eigenvalue weighted by Gasteiger charge is 2.13. The second kappa shape index (κ2) is 5.65. The van der Waals surface area contributed by atoms with Crippen LogP contribution >= 0.6 is 0 Å². The molecule has 0 radical (unpaired) electrons. The van der Waals surface area contributed by atoms with Crippen LogP contribution in [0.15, 0.2) is 0 Å². The van der Waals surface area contributed by atoms with Crippen molar-refractivity contribution in [3.8, 4) is 0 Å². The van der Waals surface area contributed by atoms with Crippen molar-refractivity contribution in [2.45, 2.75) is 12.8 Å². The Kier molecular flexibility index (Phi) is 4.80. The van der Waals surface area contributed by atoms with Crippen molar-refractivity contribution in [3.63, 3.8) is 0 Å². The van der Waals surface area contributed by atoms with Gasteiger partial charge in [-0.25, -0.2) is 13.6 Å². The van der Waals surface area contributed by atoms with E-state index in [1.807, 2.05) is 0 Å². The molecule has 0 bridgehead atoms. The Morgan fingerprint density at radius 2 is 2.00 bits per heavy atom. The van der Waals surface area contributed by atoms with Crippen LogP contribution in [-0.2, 0) is 14.8 Å². The quantitative estimate of drug-likeness (QED) is 0.602. The van der Waals surface area contributed by atoms with Gasteiger partial charge in [0.15, 0.2) is 0 Å². The van der Waals surface area contributed by atoms with E-state index in [-0.39, 0.29) is 5.75 Å². The Balaban J connectivity index is 2.03. The molecule has 0 saturated carbocycles. The molecule has 1 saturated heterocycles. The maximum Gasteiger partial charge on any atom is 0.210 e. The summed E-state index contributed by atoms with van der Waals surface area (Å²) in [6.07, 6.45) is 2.12. The van der Waals surface area contributed by atoms with Crippen LogP contribution in [-0.4, -0.2) is 40.5 Å². The summed E-state index contributed by atoms with van der Waals surface area (Å²) in [7, 11) is -3.31. The largest absolute Gasteiger partial charge is 0.381 e. The van der Waals surface area contributed by atoms with E-state index in [0.717, 1.165) is 32.6 Å². The molecule has 0 aromatic rings. The third-order valence-electron chi connectivity index (χ3n) is 2.34. The average molecular weight is 222 g/mol. The van der Waals surface area contributed by atoms with Crippen molar-refractivity contribution in [3.05, 3.63) is 0 Å². The molecule has 14 heavy (non-hydrogen) atoms. The van der Waals surface area contributed by atoms with E-state index >= 15 is 0 Å². The van der Waals surface area contributed by atoms with Crippen molar-refractivity contribution in [2.24, 2.45) is 11.1 Å². The second-order valence-electron chi connectivity index (χ2n) is 3.63. The molecule has 0 atom stereocenters. The van der Waals surface area contributed by atoms with Gasteiger partial charge in [0.05, 0.1) is 5.75 Å². The first-order valence-electron chi connectivity index (χ1n) is 4.87. The lowest BCUT2D eigenvalue weighted by atomic mass is 10.0. The van der Waals surface area contributed by atoms with Gasteiger partial charge in [-0.2, -0.15) is 0 Å². The molecular weight excluding hydrogens is 204 g/mol. The predicted molar refractivity (Wildman–Crippen MR) is 54.4 cm³/mol. The Morgan fingerprint density at radius 1 is 1.36 bits per heavy atom. The summed E-state index contributed by atoms with van der Waals surface area (Å²) in [6.45, 7) is 2.94. The van der Waals surface area contributed by atoms with Gasteiger partial charge in [0.2, 0.25) is 10.0 Å². The van der Waals surface area contributed by atoms with E-state index < -0.39 is 10.0 Å². The summed E-state index contributed by atoms with van der Waals surface area (Å²) in [6, 6.07) is 0. The summed E-state index contributed by atoms with van der Waals surface area (Å²) in [4.78, 5) is 0. The van der Waals surface area contributed by atoms with Gasteiger partial charge in [-0.1, -0.05) is 0 Å². The molecule has 1 rings (SSSR count). The summed E-state index contributed by atoms with van der Waals surface area (Å²) in [5.74, 6) is 0.625. The van der Waals surface area contributed by atoms with Gasteiger partial charge in [0.1, 0.15) is 0 Å². The fraction of sp³-hybridized carbons (Fsp3) is 1.00. The summed E-state index contributed by atoms with van der Waals surface area (Å²) < 4.78 is 26.4. The summed E-state index contributed by atoms with van der Waals surface area (Å²) in [5, 5.41) is 7.96. The standard InChI is InChI=1S/C8H18N2O3S/c9-14(11,12)6-3-10-7-8-1-4-13-5-2-8/h8,10H,1-7H2,(H2,9,11,12). The molecule has 0 aromatic heterocycles. The highest BCUT2D eigenvalue weighted by Crippen LogP contribution is 2.12. The zero-order valence-corrected chi connectivity index (χ0v) is 9.05. The van der Waals surface area contributed by atoms with E-state index in [4.69, 9.17) is 9.88 Å². The molecule has 5 nitrogen and oxygen atoms in total. The van der Waals surface area contributed by atoms with Crippen LogP contribution in [0.25, 0.3) is 0 Å².